The lowest BCUT2D eigenvalue weighted by Crippen LogP contribution is -2.63. The van der Waals surface area contributed by atoms with E-state index in [9.17, 15) is 13.8 Å². The average molecular weight is 274 g/mol. The molecule has 6 heteroatoms. The van der Waals surface area contributed by atoms with E-state index >= 15 is 0 Å². The van der Waals surface area contributed by atoms with E-state index in [0.717, 1.165) is 6.42 Å². The Hall–Kier alpha value is -0.910. The molecule has 1 aliphatic rings. The molecular formula is C12H22N2O3S. The topological polar surface area (TPSA) is 66.5 Å². The monoisotopic (exact) mass is 274 g/mol. The molecular weight excluding hydrogens is 252 g/mol. The second kappa shape index (κ2) is 6.87. The first-order valence-corrected chi connectivity index (χ1v) is 8.14. The van der Waals surface area contributed by atoms with Gasteiger partial charge in [-0.05, 0) is 12.8 Å². The van der Waals surface area contributed by atoms with Crippen LogP contribution in [0.1, 0.15) is 33.1 Å². The van der Waals surface area contributed by atoms with Crippen molar-refractivity contribution in [2.75, 3.05) is 18.6 Å². The second-order valence-corrected chi connectivity index (χ2v) is 6.14. The number of hydrogen-bond donors (Lipinski definition) is 1. The predicted octanol–water partition coefficient (Wildman–Crippen LogP) is 0.271. The normalized spacial score (nSPS) is 26.1. The van der Waals surface area contributed by atoms with E-state index in [2.05, 4.69) is 5.32 Å². The molecule has 104 valence electrons. The Morgan fingerprint density at radius 1 is 1.33 bits per heavy atom. The van der Waals surface area contributed by atoms with Crippen molar-refractivity contribution in [2.24, 2.45) is 0 Å². The van der Waals surface area contributed by atoms with Crippen molar-refractivity contribution in [3.8, 4) is 0 Å². The lowest BCUT2D eigenvalue weighted by atomic mass is 10.0. The highest BCUT2D eigenvalue weighted by Gasteiger charge is 2.38. The molecule has 3 atom stereocenters. The van der Waals surface area contributed by atoms with Crippen molar-refractivity contribution in [1.29, 1.82) is 0 Å². The van der Waals surface area contributed by atoms with Crippen molar-refractivity contribution in [3.63, 3.8) is 0 Å². The van der Waals surface area contributed by atoms with Crippen LogP contribution in [-0.4, -0.2) is 51.6 Å². The molecule has 0 aliphatic carbocycles. The van der Waals surface area contributed by atoms with E-state index in [1.165, 1.54) is 0 Å². The van der Waals surface area contributed by atoms with Gasteiger partial charge in [-0.15, -0.1) is 0 Å². The Bertz CT molecular complexity index is 346. The molecule has 1 saturated heterocycles. The van der Waals surface area contributed by atoms with Crippen LogP contribution in [0.5, 0.6) is 0 Å². The van der Waals surface area contributed by atoms with Crippen molar-refractivity contribution < 1.29 is 13.8 Å². The highest BCUT2D eigenvalue weighted by Crippen LogP contribution is 2.15. The Kier molecular flexibility index (Phi) is 5.78. The van der Waals surface area contributed by atoms with E-state index in [-0.39, 0.29) is 11.8 Å². The first kappa shape index (κ1) is 15.1. The fourth-order valence-electron chi connectivity index (χ4n) is 2.21. The fourth-order valence-corrected chi connectivity index (χ4v) is 2.66. The largest absolute Gasteiger partial charge is 0.343 e. The van der Waals surface area contributed by atoms with Gasteiger partial charge in [0.2, 0.25) is 11.8 Å². The molecule has 0 bridgehead atoms. The minimum atomic E-state index is -0.951. The van der Waals surface area contributed by atoms with E-state index in [1.807, 2.05) is 13.8 Å². The third-order valence-electron chi connectivity index (χ3n) is 3.16. The summed E-state index contributed by atoms with van der Waals surface area (Å²) in [5.41, 5.74) is 0. The molecule has 1 heterocycles. The number of hydrogen-bond acceptors (Lipinski definition) is 3. The minimum Gasteiger partial charge on any atom is -0.343 e. The number of nitrogens with zero attached hydrogens (tertiary/aromatic N) is 1. The van der Waals surface area contributed by atoms with Crippen LogP contribution in [0.15, 0.2) is 0 Å². The molecule has 0 aromatic rings. The molecule has 5 nitrogen and oxygen atoms in total. The van der Waals surface area contributed by atoms with Gasteiger partial charge in [-0.3, -0.25) is 13.8 Å². The molecule has 2 amide bonds. The summed E-state index contributed by atoms with van der Waals surface area (Å²) in [6.45, 7) is 4.26. The number of nitrogens with one attached hydrogen (secondary N) is 1. The van der Waals surface area contributed by atoms with Crippen LogP contribution < -0.4 is 5.32 Å². The summed E-state index contributed by atoms with van der Waals surface area (Å²) in [5.74, 6) is 0.306. The number of carbonyl (C=O) groups excluding carboxylic acids is 2. The van der Waals surface area contributed by atoms with Crippen LogP contribution in [0.25, 0.3) is 0 Å². The van der Waals surface area contributed by atoms with E-state index in [1.54, 1.807) is 11.2 Å². The van der Waals surface area contributed by atoms with E-state index in [0.29, 0.717) is 25.1 Å². The van der Waals surface area contributed by atoms with Crippen LogP contribution in [0.3, 0.4) is 0 Å². The summed E-state index contributed by atoms with van der Waals surface area (Å²) in [4.78, 5) is 25.8. The molecule has 1 rings (SSSR count). The van der Waals surface area contributed by atoms with Gasteiger partial charge in [0.25, 0.3) is 0 Å². The molecule has 0 spiro atoms. The van der Waals surface area contributed by atoms with Crippen molar-refractivity contribution in [2.45, 2.75) is 45.2 Å². The lowest BCUT2D eigenvalue weighted by Gasteiger charge is -2.38. The number of rotatable bonds is 6. The Labute approximate surface area is 111 Å². The van der Waals surface area contributed by atoms with Gasteiger partial charge in [-0.1, -0.05) is 20.3 Å². The van der Waals surface area contributed by atoms with Gasteiger partial charge in [-0.2, -0.15) is 0 Å². The highest BCUT2D eigenvalue weighted by molar-refractivity contribution is 7.84. The maximum absolute atomic E-state index is 12.3. The van der Waals surface area contributed by atoms with Gasteiger partial charge in [0, 0.05) is 29.4 Å². The van der Waals surface area contributed by atoms with Crippen molar-refractivity contribution >= 4 is 22.6 Å². The highest BCUT2D eigenvalue weighted by atomic mass is 32.2. The van der Waals surface area contributed by atoms with E-state index in [4.69, 9.17) is 0 Å². The molecule has 0 aromatic carbocycles. The smallest absolute Gasteiger partial charge is 0.245 e. The van der Waals surface area contributed by atoms with Gasteiger partial charge in [0.15, 0.2) is 0 Å². The second-order valence-electron chi connectivity index (χ2n) is 4.58. The Balaban J connectivity index is 2.80. The zero-order chi connectivity index (χ0) is 13.7. The average Bonchev–Trinajstić information content (AvgIpc) is 2.31. The maximum Gasteiger partial charge on any atom is 0.245 e. The van der Waals surface area contributed by atoms with E-state index < -0.39 is 22.9 Å². The number of amides is 2. The summed E-state index contributed by atoms with van der Waals surface area (Å²) >= 11 is 0. The summed E-state index contributed by atoms with van der Waals surface area (Å²) in [5, 5.41) is 2.78. The summed E-state index contributed by atoms with van der Waals surface area (Å²) < 4.78 is 11.1. The molecule has 0 saturated carbocycles. The molecule has 1 aliphatic heterocycles. The molecule has 1 N–H and O–H groups in total. The molecule has 3 unspecified atom stereocenters. The summed E-state index contributed by atoms with van der Waals surface area (Å²) in [7, 11) is -0.951. The van der Waals surface area contributed by atoms with Gasteiger partial charge in [-0.25, -0.2) is 0 Å². The quantitative estimate of drug-likeness (QED) is 0.756. The minimum absolute atomic E-state index is 0.0336. The zero-order valence-electron chi connectivity index (χ0n) is 11.3. The molecule has 0 radical (unpaired) electrons. The standard InChI is InChI=1S/C12H22N2O3S/c1-4-6-9-12(16)14(7-8-18(3)17)10(5-2)11(15)13-9/h9-10H,4-8H2,1-3H3,(H,13,15). The zero-order valence-corrected chi connectivity index (χ0v) is 12.1. The number of carbonyl (C=O) groups is 2. The summed E-state index contributed by atoms with van der Waals surface area (Å²) in [6.07, 6.45) is 3.71. The first-order valence-electron chi connectivity index (χ1n) is 6.42. The molecule has 1 fully saturated rings. The van der Waals surface area contributed by atoms with Crippen molar-refractivity contribution in [3.05, 3.63) is 0 Å². The third kappa shape index (κ3) is 3.54. The van der Waals surface area contributed by atoms with Gasteiger partial charge in [0.1, 0.15) is 12.1 Å². The van der Waals surface area contributed by atoms with Crippen LogP contribution in [0, 0.1) is 0 Å². The SMILES string of the molecule is CCCC1NC(=O)C(CC)N(CCS(C)=O)C1=O. The van der Waals surface area contributed by atoms with Crippen molar-refractivity contribution in [1.82, 2.24) is 10.2 Å². The van der Waals surface area contributed by atoms with Crippen LogP contribution >= 0.6 is 0 Å². The summed E-state index contributed by atoms with van der Waals surface area (Å²) in [6, 6.07) is -0.815. The maximum atomic E-state index is 12.3. The predicted molar refractivity (Wildman–Crippen MR) is 71.6 cm³/mol. The first-order chi connectivity index (χ1) is 8.51. The van der Waals surface area contributed by atoms with Crippen LogP contribution in [0.4, 0.5) is 0 Å². The fraction of sp³-hybridized carbons (Fsp3) is 0.833. The third-order valence-corrected chi connectivity index (χ3v) is 3.92. The Morgan fingerprint density at radius 2 is 2.00 bits per heavy atom. The van der Waals surface area contributed by atoms with Crippen LogP contribution in [-0.2, 0) is 20.4 Å². The molecule has 18 heavy (non-hydrogen) atoms. The van der Waals surface area contributed by atoms with Gasteiger partial charge in [0.05, 0.1) is 0 Å². The molecule has 0 aromatic heterocycles. The Morgan fingerprint density at radius 3 is 2.50 bits per heavy atom. The van der Waals surface area contributed by atoms with Crippen LogP contribution in [0.2, 0.25) is 0 Å². The van der Waals surface area contributed by atoms with Gasteiger partial charge < -0.3 is 10.2 Å². The lowest BCUT2D eigenvalue weighted by molar-refractivity contribution is -0.149. The van der Waals surface area contributed by atoms with Gasteiger partial charge >= 0.3 is 0 Å². The number of piperazine rings is 1.